The van der Waals surface area contributed by atoms with Gasteiger partial charge in [0.25, 0.3) is 5.56 Å². The van der Waals surface area contributed by atoms with Crippen LogP contribution in [0, 0.1) is 0 Å². The Labute approximate surface area is 166 Å². The normalized spacial score (nSPS) is 11.5. The predicted octanol–water partition coefficient (Wildman–Crippen LogP) is 1.86. The molecule has 0 aliphatic carbocycles. The molecule has 0 saturated carbocycles. The van der Waals surface area contributed by atoms with Gasteiger partial charge in [0.15, 0.2) is 6.04 Å². The molecule has 0 saturated heterocycles. The summed E-state index contributed by atoms with van der Waals surface area (Å²) in [6, 6.07) is 14.2. The van der Waals surface area contributed by atoms with E-state index in [1.807, 2.05) is 0 Å². The molecule has 1 aromatic heterocycles. The van der Waals surface area contributed by atoms with Gasteiger partial charge in [0.2, 0.25) is 5.91 Å². The van der Waals surface area contributed by atoms with Crippen molar-refractivity contribution in [3.63, 3.8) is 0 Å². The van der Waals surface area contributed by atoms with Gasteiger partial charge >= 0.3 is 5.97 Å². The Morgan fingerprint density at radius 2 is 1.83 bits per heavy atom. The van der Waals surface area contributed by atoms with E-state index in [0.717, 1.165) is 11.8 Å². The predicted molar refractivity (Wildman–Crippen MR) is 105 cm³/mol. The van der Waals surface area contributed by atoms with Crippen molar-refractivity contribution in [1.29, 1.82) is 0 Å². The fraction of sp³-hybridized carbons (Fsp3) is 0.143. The van der Waals surface area contributed by atoms with Crippen LogP contribution in [0.5, 0.6) is 5.75 Å². The zero-order valence-corrected chi connectivity index (χ0v) is 15.6. The van der Waals surface area contributed by atoms with E-state index in [1.165, 1.54) is 10.8 Å². The van der Waals surface area contributed by atoms with E-state index in [2.05, 4.69) is 10.3 Å². The van der Waals surface area contributed by atoms with Crippen LogP contribution in [0.4, 0.5) is 0 Å². The lowest BCUT2D eigenvalue weighted by molar-refractivity contribution is -0.142. The lowest BCUT2D eigenvalue weighted by Gasteiger charge is -2.15. The number of benzene rings is 2. The molecular formula is C21H19N3O5. The first kappa shape index (κ1) is 19.8. The number of carboxylic acids is 1. The second kappa shape index (κ2) is 8.83. The lowest BCUT2D eigenvalue weighted by Crippen LogP contribution is -2.37. The van der Waals surface area contributed by atoms with Crippen LogP contribution in [0.15, 0.2) is 71.8 Å². The highest BCUT2D eigenvalue weighted by atomic mass is 16.5. The number of aromatic nitrogens is 2. The fourth-order valence-corrected chi connectivity index (χ4v) is 2.77. The number of carboxylic acid groups (broad SMARTS) is 1. The third-order valence-electron chi connectivity index (χ3n) is 4.26. The van der Waals surface area contributed by atoms with Crippen molar-refractivity contribution in [2.45, 2.75) is 12.6 Å². The largest absolute Gasteiger partial charge is 0.497 e. The van der Waals surface area contributed by atoms with Crippen LogP contribution in [0.3, 0.4) is 0 Å². The molecule has 2 N–H and O–H groups in total. The van der Waals surface area contributed by atoms with Gasteiger partial charge in [0, 0.05) is 11.8 Å². The highest BCUT2D eigenvalue weighted by Gasteiger charge is 2.22. The van der Waals surface area contributed by atoms with Gasteiger partial charge in [-0.15, -0.1) is 0 Å². The van der Waals surface area contributed by atoms with Crippen molar-refractivity contribution in [1.82, 2.24) is 14.9 Å². The SMILES string of the molecule is COc1ccc(-c2cn(CC(=O)N[C@H](C(=O)O)c3ccccc3)c(=O)cn2)cc1. The van der Waals surface area contributed by atoms with Crippen molar-refractivity contribution in [3.05, 3.63) is 82.9 Å². The molecule has 8 heteroatoms. The first-order chi connectivity index (χ1) is 14.0. The van der Waals surface area contributed by atoms with Crippen molar-refractivity contribution in [3.8, 4) is 17.0 Å². The monoisotopic (exact) mass is 393 g/mol. The molecule has 0 aliphatic heterocycles. The Bertz CT molecular complexity index is 1060. The summed E-state index contributed by atoms with van der Waals surface area (Å²) < 4.78 is 6.30. The summed E-state index contributed by atoms with van der Waals surface area (Å²) >= 11 is 0. The lowest BCUT2D eigenvalue weighted by atomic mass is 10.1. The molecule has 148 valence electrons. The number of hydrogen-bond acceptors (Lipinski definition) is 5. The Morgan fingerprint density at radius 3 is 2.45 bits per heavy atom. The van der Waals surface area contributed by atoms with Crippen LogP contribution < -0.4 is 15.6 Å². The number of nitrogens with zero attached hydrogens (tertiary/aromatic N) is 2. The zero-order valence-electron chi connectivity index (χ0n) is 15.6. The molecule has 1 heterocycles. The standard InChI is InChI=1S/C21H19N3O5/c1-29-16-9-7-14(8-10-16)17-12-24(19(26)11-22-17)13-18(25)23-20(21(27)28)15-5-3-2-4-6-15/h2-12,20H,13H2,1H3,(H,23,25)(H,27,28)/t20-/m0/s1. The van der Waals surface area contributed by atoms with Gasteiger partial charge in [-0.25, -0.2) is 9.78 Å². The van der Waals surface area contributed by atoms with Crippen LogP contribution in [-0.2, 0) is 16.1 Å². The van der Waals surface area contributed by atoms with Crippen LogP contribution in [0.25, 0.3) is 11.3 Å². The van der Waals surface area contributed by atoms with E-state index in [-0.39, 0.29) is 6.54 Å². The molecule has 0 bridgehead atoms. The van der Waals surface area contributed by atoms with Gasteiger partial charge in [-0.2, -0.15) is 0 Å². The van der Waals surface area contributed by atoms with Crippen LogP contribution in [-0.4, -0.2) is 33.6 Å². The van der Waals surface area contributed by atoms with Crippen LogP contribution in [0.2, 0.25) is 0 Å². The highest BCUT2D eigenvalue weighted by Crippen LogP contribution is 2.19. The number of amides is 1. The van der Waals surface area contributed by atoms with Crippen molar-refractivity contribution >= 4 is 11.9 Å². The van der Waals surface area contributed by atoms with Gasteiger partial charge < -0.3 is 19.7 Å². The first-order valence-electron chi connectivity index (χ1n) is 8.76. The van der Waals surface area contributed by atoms with Gasteiger partial charge in [-0.3, -0.25) is 9.59 Å². The minimum atomic E-state index is -1.21. The summed E-state index contributed by atoms with van der Waals surface area (Å²) in [6.45, 7) is -0.332. The summed E-state index contributed by atoms with van der Waals surface area (Å²) in [5, 5.41) is 11.9. The minimum absolute atomic E-state index is 0.332. The molecule has 3 aromatic rings. The summed E-state index contributed by atoms with van der Waals surface area (Å²) in [7, 11) is 1.56. The second-order valence-electron chi connectivity index (χ2n) is 6.22. The van der Waals surface area contributed by atoms with E-state index < -0.39 is 23.5 Å². The van der Waals surface area contributed by atoms with Gasteiger partial charge in [-0.05, 0) is 29.8 Å². The van der Waals surface area contributed by atoms with Crippen molar-refractivity contribution in [2.24, 2.45) is 0 Å². The minimum Gasteiger partial charge on any atom is -0.497 e. The van der Waals surface area contributed by atoms with E-state index >= 15 is 0 Å². The molecular weight excluding hydrogens is 374 g/mol. The number of nitrogens with one attached hydrogen (secondary N) is 1. The molecule has 1 atom stereocenters. The average Bonchev–Trinajstić information content (AvgIpc) is 2.74. The van der Waals surface area contributed by atoms with Crippen LogP contribution >= 0.6 is 0 Å². The Morgan fingerprint density at radius 1 is 1.14 bits per heavy atom. The molecule has 3 rings (SSSR count). The van der Waals surface area contributed by atoms with Gasteiger partial charge in [-0.1, -0.05) is 30.3 Å². The fourth-order valence-electron chi connectivity index (χ4n) is 2.77. The summed E-state index contributed by atoms with van der Waals surface area (Å²) in [6.07, 6.45) is 2.58. The Hall–Kier alpha value is -3.94. The smallest absolute Gasteiger partial charge is 0.330 e. The zero-order chi connectivity index (χ0) is 20.8. The van der Waals surface area contributed by atoms with E-state index in [0.29, 0.717) is 17.0 Å². The van der Waals surface area contributed by atoms with Crippen molar-refractivity contribution in [2.75, 3.05) is 7.11 Å². The van der Waals surface area contributed by atoms with Gasteiger partial charge in [0.05, 0.1) is 19.0 Å². The molecule has 8 nitrogen and oxygen atoms in total. The summed E-state index contributed by atoms with van der Waals surface area (Å²) in [5.41, 5.74) is 1.21. The van der Waals surface area contributed by atoms with Crippen molar-refractivity contribution < 1.29 is 19.4 Å². The number of rotatable bonds is 7. The number of carbonyl (C=O) groups is 2. The third-order valence-corrected chi connectivity index (χ3v) is 4.26. The number of methoxy groups -OCH3 is 1. The highest BCUT2D eigenvalue weighted by molar-refractivity contribution is 5.84. The number of ether oxygens (including phenoxy) is 1. The molecule has 0 unspecified atom stereocenters. The average molecular weight is 393 g/mol. The third kappa shape index (κ3) is 4.86. The quantitative estimate of drug-likeness (QED) is 0.634. The summed E-state index contributed by atoms with van der Waals surface area (Å²) in [4.78, 5) is 40.2. The van der Waals surface area contributed by atoms with Crippen LogP contribution in [0.1, 0.15) is 11.6 Å². The summed E-state index contributed by atoms with van der Waals surface area (Å²) in [5.74, 6) is -1.11. The first-order valence-corrected chi connectivity index (χ1v) is 8.76. The molecule has 0 aliphatic rings. The van der Waals surface area contributed by atoms with E-state index in [1.54, 1.807) is 61.7 Å². The molecule has 0 fully saturated rings. The Balaban J connectivity index is 1.79. The topological polar surface area (TPSA) is 111 Å². The molecule has 0 radical (unpaired) electrons. The van der Waals surface area contributed by atoms with E-state index in [9.17, 15) is 19.5 Å². The Kier molecular flexibility index (Phi) is 6.03. The van der Waals surface area contributed by atoms with E-state index in [4.69, 9.17) is 4.74 Å². The maximum Gasteiger partial charge on any atom is 0.330 e. The molecule has 2 aromatic carbocycles. The number of aliphatic carboxylic acids is 1. The maximum atomic E-state index is 12.4. The second-order valence-corrected chi connectivity index (χ2v) is 6.22. The van der Waals surface area contributed by atoms with Gasteiger partial charge in [0.1, 0.15) is 12.3 Å². The number of carbonyl (C=O) groups excluding carboxylic acids is 1. The maximum absolute atomic E-state index is 12.4. The molecule has 1 amide bonds. The molecule has 0 spiro atoms. The number of hydrogen-bond donors (Lipinski definition) is 2. The molecule has 29 heavy (non-hydrogen) atoms.